The fourth-order valence-electron chi connectivity index (χ4n) is 0.856. The van der Waals surface area contributed by atoms with Gasteiger partial charge in [0, 0.05) is 3.57 Å². The van der Waals surface area contributed by atoms with Gasteiger partial charge in [0.2, 0.25) is 0 Å². The molecule has 0 aliphatic heterocycles. The van der Waals surface area contributed by atoms with E-state index in [0.29, 0.717) is 5.75 Å². The number of methoxy groups -OCH3 is 1. The second kappa shape index (κ2) is 4.48. The Labute approximate surface area is 99.3 Å². The van der Waals surface area contributed by atoms with E-state index in [0.717, 1.165) is 3.57 Å². The van der Waals surface area contributed by atoms with E-state index >= 15 is 0 Å². The summed E-state index contributed by atoms with van der Waals surface area (Å²) < 4.78 is 5.82. The molecule has 1 aromatic carbocycles. The van der Waals surface area contributed by atoms with Gasteiger partial charge < -0.3 is 4.74 Å². The van der Waals surface area contributed by atoms with Crippen molar-refractivity contribution in [2.24, 2.45) is 0 Å². The van der Waals surface area contributed by atoms with Gasteiger partial charge in [0.25, 0.3) is 5.24 Å². The minimum absolute atomic E-state index is 0.253. The Bertz CT molecular complexity index is 352. The Morgan fingerprint density at radius 1 is 1.54 bits per heavy atom. The Kier molecular flexibility index (Phi) is 3.82. The summed E-state index contributed by atoms with van der Waals surface area (Å²) in [5, 5.41) is -0.329. The molecule has 0 spiro atoms. The zero-order chi connectivity index (χ0) is 10.0. The lowest BCUT2D eigenvalue weighted by Gasteiger charge is -2.06. The first-order valence-corrected chi connectivity index (χ1v) is 5.12. The maximum absolute atomic E-state index is 10.9. The first-order chi connectivity index (χ1) is 6.06. The standard InChI is InChI=1S/C8H5Cl2IO2/c1-13-6-3-4(11)2-5(7(6)9)8(10)12/h2-3H,1H3. The van der Waals surface area contributed by atoms with Crippen molar-refractivity contribution in [2.45, 2.75) is 0 Å². The maximum atomic E-state index is 10.9. The monoisotopic (exact) mass is 330 g/mol. The summed E-state index contributed by atoms with van der Waals surface area (Å²) >= 11 is 13.2. The van der Waals surface area contributed by atoms with E-state index in [9.17, 15) is 4.79 Å². The van der Waals surface area contributed by atoms with Crippen LogP contribution in [-0.4, -0.2) is 12.4 Å². The summed E-state index contributed by atoms with van der Waals surface area (Å²) in [6.45, 7) is 0. The van der Waals surface area contributed by atoms with Crippen LogP contribution in [0.5, 0.6) is 5.75 Å². The molecular weight excluding hydrogens is 326 g/mol. The van der Waals surface area contributed by atoms with E-state index < -0.39 is 5.24 Å². The van der Waals surface area contributed by atoms with Gasteiger partial charge in [-0.3, -0.25) is 4.79 Å². The van der Waals surface area contributed by atoms with Crippen molar-refractivity contribution < 1.29 is 9.53 Å². The lowest BCUT2D eigenvalue weighted by Crippen LogP contribution is -1.95. The van der Waals surface area contributed by atoms with Crippen LogP contribution >= 0.6 is 45.8 Å². The van der Waals surface area contributed by atoms with Crippen LogP contribution in [0.15, 0.2) is 12.1 Å². The van der Waals surface area contributed by atoms with Gasteiger partial charge in [-0.25, -0.2) is 0 Å². The number of rotatable bonds is 2. The van der Waals surface area contributed by atoms with Gasteiger partial charge in [0.1, 0.15) is 5.75 Å². The first-order valence-electron chi connectivity index (χ1n) is 3.29. The normalized spacial score (nSPS) is 9.85. The van der Waals surface area contributed by atoms with E-state index in [1.807, 2.05) is 0 Å². The molecule has 1 aromatic rings. The summed E-state index contributed by atoms with van der Waals surface area (Å²) in [5.74, 6) is 0.456. The van der Waals surface area contributed by atoms with Crippen LogP contribution in [-0.2, 0) is 0 Å². The van der Waals surface area contributed by atoms with Crippen molar-refractivity contribution >= 4 is 51.0 Å². The summed E-state index contributed by atoms with van der Waals surface area (Å²) in [4.78, 5) is 10.9. The molecule has 0 heterocycles. The van der Waals surface area contributed by atoms with Gasteiger partial charge >= 0.3 is 0 Å². The highest BCUT2D eigenvalue weighted by atomic mass is 127. The molecule has 0 amide bonds. The highest BCUT2D eigenvalue weighted by Gasteiger charge is 2.13. The molecule has 0 fully saturated rings. The molecule has 0 aliphatic rings. The highest BCUT2D eigenvalue weighted by Crippen LogP contribution is 2.31. The van der Waals surface area contributed by atoms with E-state index in [-0.39, 0.29) is 10.6 Å². The van der Waals surface area contributed by atoms with Crippen molar-refractivity contribution in [3.8, 4) is 5.75 Å². The van der Waals surface area contributed by atoms with Crippen LogP contribution in [0.3, 0.4) is 0 Å². The largest absolute Gasteiger partial charge is 0.495 e. The number of hydrogen-bond acceptors (Lipinski definition) is 2. The first kappa shape index (κ1) is 11.1. The van der Waals surface area contributed by atoms with E-state index in [2.05, 4.69) is 22.6 Å². The minimum atomic E-state index is -0.582. The molecule has 0 unspecified atom stereocenters. The van der Waals surface area contributed by atoms with Crippen LogP contribution in [0.2, 0.25) is 5.02 Å². The van der Waals surface area contributed by atoms with Gasteiger partial charge in [-0.1, -0.05) is 11.6 Å². The van der Waals surface area contributed by atoms with E-state index in [1.165, 1.54) is 7.11 Å². The number of carbonyl (C=O) groups excluding carboxylic acids is 1. The summed E-state index contributed by atoms with van der Waals surface area (Å²) in [5.41, 5.74) is 0.270. The SMILES string of the molecule is COc1cc(I)cc(C(=O)Cl)c1Cl. The highest BCUT2D eigenvalue weighted by molar-refractivity contribution is 14.1. The lowest BCUT2D eigenvalue weighted by atomic mass is 10.2. The summed E-state index contributed by atoms with van der Waals surface area (Å²) in [6, 6.07) is 3.34. The molecule has 0 aliphatic carbocycles. The van der Waals surface area contributed by atoms with Gasteiger partial charge in [0.05, 0.1) is 17.7 Å². The molecule has 5 heteroatoms. The van der Waals surface area contributed by atoms with Crippen molar-refractivity contribution in [2.75, 3.05) is 7.11 Å². The molecule has 70 valence electrons. The average molecular weight is 331 g/mol. The molecule has 2 nitrogen and oxygen atoms in total. The number of halogens is 3. The lowest BCUT2D eigenvalue weighted by molar-refractivity contribution is 0.108. The van der Waals surface area contributed by atoms with E-state index in [4.69, 9.17) is 27.9 Å². The minimum Gasteiger partial charge on any atom is -0.495 e. The fourth-order valence-corrected chi connectivity index (χ4v) is 1.92. The van der Waals surface area contributed by atoms with E-state index in [1.54, 1.807) is 12.1 Å². The van der Waals surface area contributed by atoms with Gasteiger partial charge in [-0.15, -0.1) is 0 Å². The Morgan fingerprint density at radius 2 is 2.15 bits per heavy atom. The van der Waals surface area contributed by atoms with Crippen LogP contribution in [0.4, 0.5) is 0 Å². The molecular formula is C8H5Cl2IO2. The predicted octanol–water partition coefficient (Wildman–Crippen LogP) is 3.33. The second-order valence-corrected chi connectivity index (χ2v) is 4.21. The van der Waals surface area contributed by atoms with Crippen molar-refractivity contribution in [3.63, 3.8) is 0 Å². The zero-order valence-corrected chi connectivity index (χ0v) is 10.3. The quantitative estimate of drug-likeness (QED) is 0.614. The predicted molar refractivity (Wildman–Crippen MR) is 60.9 cm³/mol. The van der Waals surface area contributed by atoms with Crippen LogP contribution in [0, 0.1) is 3.57 Å². The third-order valence-electron chi connectivity index (χ3n) is 1.44. The van der Waals surface area contributed by atoms with Gasteiger partial charge in [0.15, 0.2) is 0 Å². The molecule has 0 saturated heterocycles. The number of ether oxygens (including phenoxy) is 1. The third kappa shape index (κ3) is 2.48. The van der Waals surface area contributed by atoms with Crippen molar-refractivity contribution in [3.05, 3.63) is 26.3 Å². The van der Waals surface area contributed by atoms with Crippen molar-refractivity contribution in [1.82, 2.24) is 0 Å². The molecule has 0 saturated carbocycles. The second-order valence-electron chi connectivity index (χ2n) is 2.24. The average Bonchev–Trinajstić information content (AvgIpc) is 2.08. The van der Waals surface area contributed by atoms with Crippen molar-refractivity contribution in [1.29, 1.82) is 0 Å². The van der Waals surface area contributed by atoms with Crippen LogP contribution in [0.1, 0.15) is 10.4 Å². The van der Waals surface area contributed by atoms with Crippen LogP contribution < -0.4 is 4.74 Å². The molecule has 0 radical (unpaired) electrons. The molecule has 0 atom stereocenters. The maximum Gasteiger partial charge on any atom is 0.254 e. The summed E-state index contributed by atoms with van der Waals surface area (Å²) in [6.07, 6.45) is 0. The van der Waals surface area contributed by atoms with Crippen LogP contribution in [0.25, 0.3) is 0 Å². The zero-order valence-electron chi connectivity index (χ0n) is 6.61. The van der Waals surface area contributed by atoms with Gasteiger partial charge in [-0.05, 0) is 46.3 Å². The molecule has 0 aromatic heterocycles. The number of hydrogen-bond donors (Lipinski definition) is 0. The Morgan fingerprint density at radius 3 is 2.62 bits per heavy atom. The Hall–Kier alpha value is -0.000000000000000167. The molecule has 1 rings (SSSR count). The summed E-state index contributed by atoms with van der Waals surface area (Å²) in [7, 11) is 1.49. The molecule has 0 N–H and O–H groups in total. The number of carbonyl (C=O) groups is 1. The van der Waals surface area contributed by atoms with Gasteiger partial charge in [-0.2, -0.15) is 0 Å². The molecule has 13 heavy (non-hydrogen) atoms. The fraction of sp³-hybridized carbons (Fsp3) is 0.125. The number of benzene rings is 1. The topological polar surface area (TPSA) is 26.3 Å². The Balaban J connectivity index is 3.35. The molecule has 0 bridgehead atoms. The third-order valence-corrected chi connectivity index (χ3v) is 2.65. The smallest absolute Gasteiger partial charge is 0.254 e.